The molecule has 2 amide bonds. The minimum Gasteiger partial charge on any atom is -0.309 e. The summed E-state index contributed by atoms with van der Waals surface area (Å²) < 4.78 is 0. The summed E-state index contributed by atoms with van der Waals surface area (Å²) in [6.07, 6.45) is 0.531. The van der Waals surface area contributed by atoms with Gasteiger partial charge in [0.15, 0.2) is 0 Å². The summed E-state index contributed by atoms with van der Waals surface area (Å²) in [5.74, 6) is 2.93. The van der Waals surface area contributed by atoms with E-state index in [9.17, 15) is 24.5 Å². The zero-order chi connectivity index (χ0) is 18.3. The van der Waals surface area contributed by atoms with Gasteiger partial charge in [0.25, 0.3) is 11.6 Å². The molecule has 0 heterocycles. The van der Waals surface area contributed by atoms with E-state index in [-0.39, 0.29) is 17.7 Å². The molecule has 1 aromatic rings. The molecule has 0 saturated carbocycles. The van der Waals surface area contributed by atoms with Gasteiger partial charge in [-0.3, -0.25) is 24.5 Å². The van der Waals surface area contributed by atoms with Crippen LogP contribution in [-0.2, 0) is 9.59 Å². The Balaban J connectivity index is 2.58. The summed E-state index contributed by atoms with van der Waals surface area (Å²) in [6, 6.07) is 4.67. The molecule has 0 unspecified atom stereocenters. The minimum atomic E-state index is -0.994. The SMILES string of the molecule is CN(C)CCCC(=O)C(=O)NN(N)C(=O)c1ccc([N+](=O)[O-])cc1. The Labute approximate surface area is 138 Å². The third-order valence-electron chi connectivity index (χ3n) is 3.03. The number of nitrogens with two attached hydrogens (primary N) is 1. The van der Waals surface area contributed by atoms with E-state index in [2.05, 4.69) is 0 Å². The number of rotatable bonds is 7. The van der Waals surface area contributed by atoms with Crippen molar-refractivity contribution in [2.45, 2.75) is 12.8 Å². The maximum atomic E-state index is 12.0. The Bertz CT molecular complexity index is 629. The highest BCUT2D eigenvalue weighted by Crippen LogP contribution is 2.12. The van der Waals surface area contributed by atoms with Gasteiger partial charge < -0.3 is 4.90 Å². The number of amides is 2. The van der Waals surface area contributed by atoms with Crippen LogP contribution in [0.3, 0.4) is 0 Å². The number of nitrogens with one attached hydrogen (secondary N) is 1. The topological polar surface area (TPSA) is 139 Å². The molecule has 0 saturated heterocycles. The van der Waals surface area contributed by atoms with E-state index < -0.39 is 22.5 Å². The molecule has 1 rings (SSSR count). The minimum absolute atomic E-state index is 0.0310. The number of hydrogen-bond acceptors (Lipinski definition) is 7. The van der Waals surface area contributed by atoms with Gasteiger partial charge in [0.2, 0.25) is 5.78 Å². The Hall–Kier alpha value is -2.85. The first kappa shape index (κ1) is 19.2. The number of carbonyl (C=O) groups excluding carboxylic acids is 3. The quantitative estimate of drug-likeness (QED) is 0.232. The van der Waals surface area contributed by atoms with Crippen molar-refractivity contribution in [1.82, 2.24) is 15.4 Å². The fourth-order valence-electron chi connectivity index (χ4n) is 1.76. The molecule has 0 radical (unpaired) electrons. The lowest BCUT2D eigenvalue weighted by molar-refractivity contribution is -0.384. The van der Waals surface area contributed by atoms with Gasteiger partial charge in [0.1, 0.15) is 0 Å². The number of hydrazine groups is 2. The number of nitro groups is 1. The largest absolute Gasteiger partial charge is 0.309 e. The van der Waals surface area contributed by atoms with Gasteiger partial charge in [-0.05, 0) is 39.2 Å². The van der Waals surface area contributed by atoms with Crippen LogP contribution in [0.4, 0.5) is 5.69 Å². The molecular formula is C14H19N5O5. The Morgan fingerprint density at radius 1 is 1.21 bits per heavy atom. The number of nitro benzene ring substituents is 1. The van der Waals surface area contributed by atoms with Crippen molar-refractivity contribution in [3.05, 3.63) is 39.9 Å². The number of nitrogens with zero attached hydrogens (tertiary/aromatic N) is 3. The van der Waals surface area contributed by atoms with E-state index in [1.165, 1.54) is 12.1 Å². The van der Waals surface area contributed by atoms with E-state index in [0.717, 1.165) is 12.1 Å². The summed E-state index contributed by atoms with van der Waals surface area (Å²) in [4.78, 5) is 47.1. The second kappa shape index (κ2) is 8.70. The lowest BCUT2D eigenvalue weighted by Gasteiger charge is -2.17. The summed E-state index contributed by atoms with van der Waals surface area (Å²) in [6.45, 7) is 0.646. The number of Topliss-reactive ketones (excluding diaryl/α,β-unsaturated/α-hetero) is 1. The second-order valence-electron chi connectivity index (χ2n) is 5.25. The first-order valence-electron chi connectivity index (χ1n) is 7.04. The number of non-ortho nitro benzene ring substituents is 1. The molecule has 10 nitrogen and oxygen atoms in total. The van der Waals surface area contributed by atoms with Crippen molar-refractivity contribution in [3.8, 4) is 0 Å². The molecule has 0 aliphatic rings. The highest BCUT2D eigenvalue weighted by Gasteiger charge is 2.20. The Kier molecular flexibility index (Phi) is 6.96. The predicted molar refractivity (Wildman–Crippen MR) is 84.4 cm³/mol. The Morgan fingerprint density at radius 2 is 1.79 bits per heavy atom. The molecule has 1 aromatic carbocycles. The molecule has 0 bridgehead atoms. The molecular weight excluding hydrogens is 318 g/mol. The van der Waals surface area contributed by atoms with Crippen LogP contribution in [-0.4, -0.2) is 53.2 Å². The number of benzene rings is 1. The third kappa shape index (κ3) is 5.74. The second-order valence-corrected chi connectivity index (χ2v) is 5.25. The molecule has 0 aromatic heterocycles. The van der Waals surface area contributed by atoms with Crippen LogP contribution in [0, 0.1) is 10.1 Å². The van der Waals surface area contributed by atoms with Crippen LogP contribution >= 0.6 is 0 Å². The van der Waals surface area contributed by atoms with Crippen molar-refractivity contribution >= 4 is 23.3 Å². The molecule has 10 heteroatoms. The zero-order valence-electron chi connectivity index (χ0n) is 13.4. The maximum Gasteiger partial charge on any atom is 0.307 e. The Morgan fingerprint density at radius 3 is 2.29 bits per heavy atom. The summed E-state index contributed by atoms with van der Waals surface area (Å²) in [7, 11) is 3.68. The van der Waals surface area contributed by atoms with Crippen LogP contribution in [0.25, 0.3) is 0 Å². The van der Waals surface area contributed by atoms with E-state index >= 15 is 0 Å². The average Bonchev–Trinajstić information content (AvgIpc) is 2.53. The smallest absolute Gasteiger partial charge is 0.307 e. The lowest BCUT2D eigenvalue weighted by Crippen LogP contribution is -2.52. The van der Waals surface area contributed by atoms with Crippen LogP contribution < -0.4 is 11.3 Å². The van der Waals surface area contributed by atoms with Crippen LogP contribution in [0.1, 0.15) is 23.2 Å². The van der Waals surface area contributed by atoms with Gasteiger partial charge in [0, 0.05) is 24.1 Å². The molecule has 0 aliphatic heterocycles. The number of carbonyl (C=O) groups is 3. The number of hydrogen-bond donors (Lipinski definition) is 2. The molecule has 3 N–H and O–H groups in total. The molecule has 0 aliphatic carbocycles. The van der Waals surface area contributed by atoms with Crippen molar-refractivity contribution < 1.29 is 19.3 Å². The van der Waals surface area contributed by atoms with Gasteiger partial charge in [-0.2, -0.15) is 5.12 Å². The van der Waals surface area contributed by atoms with Crippen molar-refractivity contribution in [3.63, 3.8) is 0 Å². The normalized spacial score (nSPS) is 10.3. The molecule has 0 atom stereocenters. The van der Waals surface area contributed by atoms with Gasteiger partial charge in [0.05, 0.1) is 4.92 Å². The van der Waals surface area contributed by atoms with E-state index in [0.29, 0.717) is 18.1 Å². The summed E-state index contributed by atoms with van der Waals surface area (Å²) in [5, 5.41) is 10.9. The van der Waals surface area contributed by atoms with Gasteiger partial charge in [-0.15, -0.1) is 0 Å². The highest BCUT2D eigenvalue weighted by molar-refractivity contribution is 6.36. The fourth-order valence-corrected chi connectivity index (χ4v) is 1.76. The molecule has 24 heavy (non-hydrogen) atoms. The maximum absolute atomic E-state index is 12.0. The van der Waals surface area contributed by atoms with Crippen molar-refractivity contribution in [2.75, 3.05) is 20.6 Å². The van der Waals surface area contributed by atoms with Crippen molar-refractivity contribution in [1.29, 1.82) is 0 Å². The van der Waals surface area contributed by atoms with E-state index in [1.54, 1.807) is 0 Å². The standard InChI is InChI=1S/C14H19N5O5/c1-17(2)9-3-4-12(20)13(21)16-18(15)14(22)10-5-7-11(8-6-10)19(23)24/h5-8H,3-4,9,15H2,1-2H3,(H,16,21). The van der Waals surface area contributed by atoms with Gasteiger partial charge in [-0.1, -0.05) is 0 Å². The van der Waals surface area contributed by atoms with E-state index in [1.807, 2.05) is 24.4 Å². The zero-order valence-corrected chi connectivity index (χ0v) is 13.4. The highest BCUT2D eigenvalue weighted by atomic mass is 16.6. The average molecular weight is 337 g/mol. The summed E-state index contributed by atoms with van der Waals surface area (Å²) >= 11 is 0. The predicted octanol–water partition coefficient (Wildman–Crippen LogP) is -0.147. The lowest BCUT2D eigenvalue weighted by atomic mass is 10.2. The van der Waals surface area contributed by atoms with Crippen LogP contribution in [0.5, 0.6) is 0 Å². The fraction of sp³-hybridized carbons (Fsp3) is 0.357. The van der Waals surface area contributed by atoms with Crippen LogP contribution in [0.2, 0.25) is 0 Å². The van der Waals surface area contributed by atoms with E-state index in [4.69, 9.17) is 5.84 Å². The monoisotopic (exact) mass is 337 g/mol. The van der Waals surface area contributed by atoms with Crippen LogP contribution in [0.15, 0.2) is 24.3 Å². The molecule has 130 valence electrons. The van der Waals surface area contributed by atoms with Gasteiger partial charge in [-0.25, -0.2) is 11.3 Å². The third-order valence-corrected chi connectivity index (χ3v) is 3.03. The molecule has 0 fully saturated rings. The number of ketones is 1. The summed E-state index contributed by atoms with van der Waals surface area (Å²) in [5.41, 5.74) is 1.83. The first-order chi connectivity index (χ1) is 11.2. The van der Waals surface area contributed by atoms with Crippen molar-refractivity contribution in [2.24, 2.45) is 5.84 Å². The van der Waals surface area contributed by atoms with Gasteiger partial charge >= 0.3 is 5.91 Å². The molecule has 0 spiro atoms. The first-order valence-corrected chi connectivity index (χ1v) is 7.04.